The fourth-order valence-corrected chi connectivity index (χ4v) is 1.72. The van der Waals surface area contributed by atoms with Gasteiger partial charge in [-0.25, -0.2) is 0 Å². The lowest BCUT2D eigenvalue weighted by molar-refractivity contribution is -0.384. The molecule has 0 aromatic heterocycles. The molecule has 0 atom stereocenters. The van der Waals surface area contributed by atoms with E-state index < -0.39 is 4.92 Å². The van der Waals surface area contributed by atoms with Crippen molar-refractivity contribution in [1.82, 2.24) is 0 Å². The molecule has 0 aliphatic carbocycles. The fraction of sp³-hybridized carbons (Fsp3) is 0.182. The van der Waals surface area contributed by atoms with Gasteiger partial charge in [0.1, 0.15) is 0 Å². The summed E-state index contributed by atoms with van der Waals surface area (Å²) in [5, 5.41) is 10.6. The smallest absolute Gasteiger partial charge is 0.270 e. The number of non-ortho nitro benzene ring substituents is 1. The molecule has 1 aromatic rings. The van der Waals surface area contributed by atoms with Gasteiger partial charge in [-0.1, -0.05) is 12.2 Å². The second-order valence-corrected chi connectivity index (χ2v) is 3.53. The van der Waals surface area contributed by atoms with E-state index in [-0.39, 0.29) is 11.6 Å². The van der Waals surface area contributed by atoms with Crippen LogP contribution in [0.15, 0.2) is 24.3 Å². The third-order valence-electron chi connectivity index (χ3n) is 2.48. The molecule has 0 spiro atoms. The third-order valence-corrected chi connectivity index (χ3v) is 2.48. The summed E-state index contributed by atoms with van der Waals surface area (Å²) in [5.74, 6) is -0.0700. The minimum atomic E-state index is -0.444. The van der Waals surface area contributed by atoms with Gasteiger partial charge in [0.2, 0.25) is 5.91 Å². The average Bonchev–Trinajstić information content (AvgIpc) is 2.27. The number of carbonyl (C=O) groups excluding carboxylic acids is 1. The Morgan fingerprint density at radius 2 is 2.25 bits per heavy atom. The molecule has 0 bridgehead atoms. The first kappa shape index (κ1) is 10.4. The van der Waals surface area contributed by atoms with Crippen LogP contribution in [0.3, 0.4) is 0 Å². The lowest BCUT2D eigenvalue weighted by Crippen LogP contribution is -2.30. The lowest BCUT2D eigenvalue weighted by Gasteiger charge is -2.24. The summed E-state index contributed by atoms with van der Waals surface area (Å²) >= 11 is 0. The quantitative estimate of drug-likeness (QED) is 0.534. The van der Waals surface area contributed by atoms with Crippen molar-refractivity contribution >= 4 is 23.4 Å². The molecule has 5 nitrogen and oxygen atoms in total. The number of hydrogen-bond donors (Lipinski definition) is 0. The molecule has 82 valence electrons. The van der Waals surface area contributed by atoms with Crippen LogP contribution < -0.4 is 4.90 Å². The Morgan fingerprint density at radius 1 is 1.50 bits per heavy atom. The van der Waals surface area contributed by atoms with Gasteiger partial charge in [-0.3, -0.25) is 14.9 Å². The summed E-state index contributed by atoms with van der Waals surface area (Å²) in [6.45, 7) is 1.99. The summed E-state index contributed by atoms with van der Waals surface area (Å²) < 4.78 is 0. The van der Waals surface area contributed by atoms with E-state index >= 15 is 0 Å². The van der Waals surface area contributed by atoms with E-state index in [1.807, 2.05) is 6.08 Å². The fourth-order valence-electron chi connectivity index (χ4n) is 1.72. The number of carbonyl (C=O) groups is 1. The van der Waals surface area contributed by atoms with Crippen LogP contribution in [0.4, 0.5) is 11.4 Å². The molecule has 0 saturated carbocycles. The van der Waals surface area contributed by atoms with E-state index in [0.717, 1.165) is 5.69 Å². The van der Waals surface area contributed by atoms with Crippen LogP contribution >= 0.6 is 0 Å². The number of amides is 1. The van der Waals surface area contributed by atoms with Crippen molar-refractivity contribution < 1.29 is 9.72 Å². The summed E-state index contributed by atoms with van der Waals surface area (Å²) in [5.41, 5.74) is 1.46. The number of fused-ring (bicyclic) bond motifs is 1. The Bertz CT molecular complexity index is 494. The highest BCUT2D eigenvalue weighted by Crippen LogP contribution is 2.29. The summed E-state index contributed by atoms with van der Waals surface area (Å²) in [6.07, 6.45) is 3.61. The molecule has 1 heterocycles. The Balaban J connectivity index is 2.49. The number of nitro benzene ring substituents is 1. The minimum Gasteiger partial charge on any atom is -0.308 e. The van der Waals surface area contributed by atoms with Crippen LogP contribution in [0.1, 0.15) is 12.5 Å². The summed E-state index contributed by atoms with van der Waals surface area (Å²) in [4.78, 5) is 23.1. The molecule has 0 N–H and O–H groups in total. The second kappa shape index (κ2) is 3.77. The van der Waals surface area contributed by atoms with Gasteiger partial charge >= 0.3 is 0 Å². The van der Waals surface area contributed by atoms with Gasteiger partial charge < -0.3 is 4.90 Å². The lowest BCUT2D eigenvalue weighted by atomic mass is 10.1. The van der Waals surface area contributed by atoms with E-state index in [4.69, 9.17) is 0 Å². The number of benzene rings is 1. The van der Waals surface area contributed by atoms with Gasteiger partial charge in [0.25, 0.3) is 5.69 Å². The largest absolute Gasteiger partial charge is 0.308 e. The van der Waals surface area contributed by atoms with Gasteiger partial charge in [0.05, 0.1) is 10.6 Å². The zero-order valence-electron chi connectivity index (χ0n) is 8.71. The van der Waals surface area contributed by atoms with Gasteiger partial charge in [-0.15, -0.1) is 0 Å². The molecule has 5 heteroatoms. The summed E-state index contributed by atoms with van der Waals surface area (Å²) in [7, 11) is 0. The third kappa shape index (κ3) is 1.67. The molecule has 1 aliphatic rings. The van der Waals surface area contributed by atoms with Crippen molar-refractivity contribution in [2.75, 3.05) is 11.4 Å². The standard InChI is InChI=1S/C11H10N2O3/c1-8(14)12-6-2-3-9-7-10(13(15)16)4-5-11(9)12/h2-5,7H,6H2,1H3. The molecule has 0 radical (unpaired) electrons. The van der Waals surface area contributed by atoms with Crippen LogP contribution in [0.25, 0.3) is 6.08 Å². The maximum absolute atomic E-state index is 11.3. The normalized spacial score (nSPS) is 13.4. The highest BCUT2D eigenvalue weighted by atomic mass is 16.6. The van der Waals surface area contributed by atoms with Crippen molar-refractivity contribution in [3.8, 4) is 0 Å². The predicted molar refractivity (Wildman–Crippen MR) is 60.2 cm³/mol. The highest BCUT2D eigenvalue weighted by Gasteiger charge is 2.18. The molecule has 1 aromatic carbocycles. The van der Waals surface area contributed by atoms with Crippen molar-refractivity contribution in [3.63, 3.8) is 0 Å². The van der Waals surface area contributed by atoms with Crippen LogP contribution in [0.5, 0.6) is 0 Å². The number of nitro groups is 1. The molecule has 2 rings (SSSR count). The first-order valence-corrected chi connectivity index (χ1v) is 4.82. The van der Waals surface area contributed by atoms with E-state index in [1.54, 1.807) is 17.0 Å². The zero-order chi connectivity index (χ0) is 11.7. The minimum absolute atomic E-state index is 0.0359. The Morgan fingerprint density at radius 3 is 2.88 bits per heavy atom. The Kier molecular flexibility index (Phi) is 2.44. The molecule has 0 fully saturated rings. The van der Waals surface area contributed by atoms with Crippen molar-refractivity contribution in [2.45, 2.75) is 6.92 Å². The van der Waals surface area contributed by atoms with Gasteiger partial charge in [0.15, 0.2) is 0 Å². The summed E-state index contributed by atoms with van der Waals surface area (Å²) in [6, 6.07) is 4.49. The average molecular weight is 218 g/mol. The second-order valence-electron chi connectivity index (χ2n) is 3.53. The van der Waals surface area contributed by atoms with Crippen molar-refractivity contribution in [3.05, 3.63) is 40.0 Å². The van der Waals surface area contributed by atoms with Crippen LogP contribution in [0.2, 0.25) is 0 Å². The number of hydrogen-bond acceptors (Lipinski definition) is 3. The van der Waals surface area contributed by atoms with E-state index in [2.05, 4.69) is 0 Å². The monoisotopic (exact) mass is 218 g/mol. The van der Waals surface area contributed by atoms with Crippen LogP contribution in [0, 0.1) is 10.1 Å². The number of rotatable bonds is 1. The van der Waals surface area contributed by atoms with E-state index in [9.17, 15) is 14.9 Å². The Labute approximate surface area is 92.1 Å². The maximum Gasteiger partial charge on any atom is 0.270 e. The molecule has 0 unspecified atom stereocenters. The SMILES string of the molecule is CC(=O)N1CC=Cc2cc([N+](=O)[O-])ccc21. The highest BCUT2D eigenvalue weighted by molar-refractivity contribution is 5.95. The van der Waals surface area contributed by atoms with Crippen LogP contribution in [-0.4, -0.2) is 17.4 Å². The molecule has 1 amide bonds. The van der Waals surface area contributed by atoms with Gasteiger partial charge in [-0.05, 0) is 6.07 Å². The van der Waals surface area contributed by atoms with E-state index in [1.165, 1.54) is 19.1 Å². The Hall–Kier alpha value is -2.17. The van der Waals surface area contributed by atoms with Crippen LogP contribution in [-0.2, 0) is 4.79 Å². The topological polar surface area (TPSA) is 63.5 Å². The van der Waals surface area contributed by atoms with E-state index in [0.29, 0.717) is 12.1 Å². The molecule has 1 aliphatic heterocycles. The number of anilines is 1. The molecule has 16 heavy (non-hydrogen) atoms. The molecule has 0 saturated heterocycles. The van der Waals surface area contributed by atoms with Crippen molar-refractivity contribution in [2.24, 2.45) is 0 Å². The molecular formula is C11H10N2O3. The number of nitrogens with zero attached hydrogens (tertiary/aromatic N) is 2. The zero-order valence-corrected chi connectivity index (χ0v) is 8.71. The predicted octanol–water partition coefficient (Wildman–Crippen LogP) is 1.97. The van der Waals surface area contributed by atoms with Crippen molar-refractivity contribution in [1.29, 1.82) is 0 Å². The first-order valence-electron chi connectivity index (χ1n) is 4.82. The maximum atomic E-state index is 11.3. The first-order chi connectivity index (χ1) is 7.59. The van der Waals surface area contributed by atoms with Gasteiger partial charge in [0, 0.05) is 31.2 Å². The molecular weight excluding hydrogens is 208 g/mol. The van der Waals surface area contributed by atoms with Gasteiger partial charge in [-0.2, -0.15) is 0 Å².